The maximum atomic E-state index is 11.8. The van der Waals surface area contributed by atoms with Gasteiger partial charge in [-0.05, 0) is 13.0 Å². The fourth-order valence-corrected chi connectivity index (χ4v) is 1.80. The van der Waals surface area contributed by atoms with Crippen molar-refractivity contribution in [1.82, 2.24) is 9.78 Å². The van der Waals surface area contributed by atoms with E-state index in [4.69, 9.17) is 11.6 Å². The maximum Gasteiger partial charge on any atom is 0.271 e. The Morgan fingerprint density at radius 2 is 2.29 bits per heavy atom. The average Bonchev–Trinajstić information content (AvgIpc) is 2.70. The number of amides is 1. The number of carbonyl (C=O) groups is 1. The molecular weight excluding hydrogens is 300 g/mol. The first-order valence-electron chi connectivity index (χ1n) is 5.83. The second-order valence-electron chi connectivity index (χ2n) is 4.27. The molecule has 110 valence electrons. The van der Waals surface area contributed by atoms with Crippen molar-refractivity contribution in [2.45, 2.75) is 13.5 Å². The van der Waals surface area contributed by atoms with Gasteiger partial charge in [-0.2, -0.15) is 5.10 Å². The molecule has 0 radical (unpaired) electrons. The number of nitrogens with one attached hydrogen (secondary N) is 1. The predicted octanol–water partition coefficient (Wildman–Crippen LogP) is 2.10. The lowest BCUT2D eigenvalue weighted by atomic mass is 10.2. The number of aryl methyl sites for hydroxylation is 1. The molecule has 8 nitrogen and oxygen atoms in total. The van der Waals surface area contributed by atoms with Gasteiger partial charge in [0.2, 0.25) is 5.91 Å². The van der Waals surface area contributed by atoms with Crippen LogP contribution in [0, 0.1) is 17.0 Å². The molecule has 0 bridgehead atoms. The fourth-order valence-electron chi connectivity index (χ4n) is 1.65. The summed E-state index contributed by atoms with van der Waals surface area (Å²) in [5.74, 6) is -0.756. The van der Waals surface area contributed by atoms with Gasteiger partial charge in [-0.3, -0.25) is 19.6 Å². The highest BCUT2D eigenvalue weighted by atomic mass is 35.5. The molecule has 0 unspecified atom stereocenters. The first-order valence-corrected chi connectivity index (χ1v) is 6.21. The molecule has 2 rings (SSSR count). The zero-order valence-electron chi connectivity index (χ0n) is 10.9. The minimum absolute atomic E-state index is 0.0378. The van der Waals surface area contributed by atoms with Gasteiger partial charge >= 0.3 is 0 Å². The van der Waals surface area contributed by atoms with E-state index in [0.717, 1.165) is 18.2 Å². The first kappa shape index (κ1) is 14.8. The summed E-state index contributed by atoms with van der Waals surface area (Å²) in [7, 11) is 0. The van der Waals surface area contributed by atoms with Gasteiger partial charge in [-0.25, -0.2) is 0 Å². The number of hydrogen-bond acceptors (Lipinski definition) is 5. The van der Waals surface area contributed by atoms with E-state index < -0.39 is 10.8 Å². The smallest absolute Gasteiger partial charge is 0.271 e. The lowest BCUT2D eigenvalue weighted by molar-refractivity contribution is -0.384. The molecular formula is C12H11ClN4O4. The van der Waals surface area contributed by atoms with E-state index in [9.17, 15) is 20.0 Å². The van der Waals surface area contributed by atoms with Crippen LogP contribution in [0.2, 0.25) is 5.02 Å². The van der Waals surface area contributed by atoms with Crippen molar-refractivity contribution in [3.05, 3.63) is 45.2 Å². The molecule has 0 aliphatic heterocycles. The Kier molecular flexibility index (Phi) is 4.08. The van der Waals surface area contributed by atoms with Crippen molar-refractivity contribution >= 4 is 28.9 Å². The summed E-state index contributed by atoms with van der Waals surface area (Å²) in [5, 5.41) is 27.1. The lowest BCUT2D eigenvalue weighted by Gasteiger charge is -2.07. The molecule has 9 heteroatoms. The number of carbonyl (C=O) groups excluding carboxylic acids is 1. The summed E-state index contributed by atoms with van der Waals surface area (Å²) in [4.78, 5) is 21.9. The number of aromatic nitrogens is 2. The molecule has 0 spiro atoms. The van der Waals surface area contributed by atoms with Crippen molar-refractivity contribution in [2.75, 3.05) is 5.32 Å². The predicted molar refractivity (Wildman–Crippen MR) is 75.4 cm³/mol. The third kappa shape index (κ3) is 3.48. The Morgan fingerprint density at radius 3 is 2.86 bits per heavy atom. The molecule has 0 atom stereocenters. The number of non-ortho nitro benzene ring substituents is 1. The third-order valence-electron chi connectivity index (χ3n) is 2.66. The van der Waals surface area contributed by atoms with Crippen LogP contribution in [0.15, 0.2) is 24.4 Å². The van der Waals surface area contributed by atoms with Gasteiger partial charge in [0.25, 0.3) is 5.69 Å². The molecule has 1 amide bonds. The summed E-state index contributed by atoms with van der Waals surface area (Å²) in [6.45, 7) is 1.57. The van der Waals surface area contributed by atoms with Gasteiger partial charge in [-0.1, -0.05) is 11.6 Å². The maximum absolute atomic E-state index is 11.8. The van der Waals surface area contributed by atoms with Crippen molar-refractivity contribution < 1.29 is 14.8 Å². The number of anilines is 1. The Bertz CT molecular complexity index is 694. The van der Waals surface area contributed by atoms with E-state index in [1.807, 2.05) is 0 Å². The minimum atomic E-state index is -0.619. The van der Waals surface area contributed by atoms with Crippen LogP contribution in [0.4, 0.5) is 11.4 Å². The number of hydrogen-bond donors (Lipinski definition) is 2. The summed E-state index contributed by atoms with van der Waals surface area (Å²) in [5.41, 5.74) is 0.313. The number of rotatable bonds is 4. The Balaban J connectivity index is 2.12. The number of aromatic hydroxyl groups is 1. The zero-order valence-corrected chi connectivity index (χ0v) is 11.7. The number of nitrogens with zero attached hydrogens (tertiary/aromatic N) is 3. The summed E-state index contributed by atoms with van der Waals surface area (Å²) < 4.78 is 1.33. The standard InChI is InChI=1S/C12H11ClN4O4/c1-7-9(13)5-16(15-7)6-12(19)14-10-4-8(17(20)21)2-3-11(10)18/h2-5,18H,6H2,1H3,(H,14,19). The van der Waals surface area contributed by atoms with Crippen molar-refractivity contribution in [1.29, 1.82) is 0 Å². The number of phenolic OH excluding ortho intramolecular Hbond substituents is 1. The average molecular weight is 311 g/mol. The largest absolute Gasteiger partial charge is 0.506 e. The van der Waals surface area contributed by atoms with Crippen LogP contribution in [-0.2, 0) is 11.3 Å². The Hall–Kier alpha value is -2.61. The van der Waals surface area contributed by atoms with Crippen LogP contribution in [0.25, 0.3) is 0 Å². The number of halogens is 1. The van der Waals surface area contributed by atoms with E-state index in [0.29, 0.717) is 10.7 Å². The topological polar surface area (TPSA) is 110 Å². The molecule has 0 aliphatic rings. The Labute approximate surface area is 124 Å². The van der Waals surface area contributed by atoms with Crippen LogP contribution in [0.1, 0.15) is 5.69 Å². The van der Waals surface area contributed by atoms with Crippen molar-refractivity contribution in [2.24, 2.45) is 0 Å². The summed E-state index contributed by atoms with van der Waals surface area (Å²) in [6, 6.07) is 3.36. The van der Waals surface area contributed by atoms with Crippen LogP contribution in [0.5, 0.6) is 5.75 Å². The molecule has 0 saturated heterocycles. The molecule has 1 aromatic carbocycles. The Morgan fingerprint density at radius 1 is 1.57 bits per heavy atom. The van der Waals surface area contributed by atoms with Crippen LogP contribution in [0.3, 0.4) is 0 Å². The van der Waals surface area contributed by atoms with E-state index in [2.05, 4.69) is 10.4 Å². The van der Waals surface area contributed by atoms with Gasteiger partial charge in [0, 0.05) is 18.3 Å². The highest BCUT2D eigenvalue weighted by molar-refractivity contribution is 6.31. The normalized spacial score (nSPS) is 10.4. The minimum Gasteiger partial charge on any atom is -0.506 e. The molecule has 0 fully saturated rings. The number of nitro groups is 1. The monoisotopic (exact) mass is 310 g/mol. The number of phenols is 1. The van der Waals surface area contributed by atoms with Gasteiger partial charge in [0.15, 0.2) is 0 Å². The second kappa shape index (κ2) is 5.80. The van der Waals surface area contributed by atoms with Gasteiger partial charge in [-0.15, -0.1) is 0 Å². The van der Waals surface area contributed by atoms with E-state index >= 15 is 0 Å². The third-order valence-corrected chi connectivity index (χ3v) is 3.03. The molecule has 1 aromatic heterocycles. The number of benzene rings is 1. The lowest BCUT2D eigenvalue weighted by Crippen LogP contribution is -2.19. The van der Waals surface area contributed by atoms with E-state index in [-0.39, 0.29) is 23.7 Å². The number of nitro benzene ring substituents is 1. The van der Waals surface area contributed by atoms with Crippen LogP contribution in [-0.4, -0.2) is 25.7 Å². The fraction of sp³-hybridized carbons (Fsp3) is 0.167. The molecule has 0 saturated carbocycles. The molecule has 1 heterocycles. The van der Waals surface area contributed by atoms with E-state index in [1.54, 1.807) is 6.92 Å². The van der Waals surface area contributed by atoms with Gasteiger partial charge in [0.05, 0.1) is 21.3 Å². The molecule has 2 aromatic rings. The second-order valence-corrected chi connectivity index (χ2v) is 4.67. The van der Waals surface area contributed by atoms with Gasteiger partial charge in [0.1, 0.15) is 12.3 Å². The molecule has 2 N–H and O–H groups in total. The van der Waals surface area contributed by atoms with Crippen LogP contribution >= 0.6 is 11.6 Å². The molecule has 0 aliphatic carbocycles. The first-order chi connectivity index (χ1) is 9.86. The summed E-state index contributed by atoms with van der Waals surface area (Å²) in [6.07, 6.45) is 1.49. The quantitative estimate of drug-likeness (QED) is 0.510. The SMILES string of the molecule is Cc1nn(CC(=O)Nc2cc([N+](=O)[O-])ccc2O)cc1Cl. The highest BCUT2D eigenvalue weighted by Crippen LogP contribution is 2.27. The highest BCUT2D eigenvalue weighted by Gasteiger charge is 2.13. The zero-order chi connectivity index (χ0) is 15.6. The van der Waals surface area contributed by atoms with Gasteiger partial charge < -0.3 is 10.4 Å². The van der Waals surface area contributed by atoms with Crippen molar-refractivity contribution in [3.8, 4) is 5.75 Å². The summed E-state index contributed by atoms with van der Waals surface area (Å²) >= 11 is 5.82. The molecule has 21 heavy (non-hydrogen) atoms. The van der Waals surface area contributed by atoms with E-state index in [1.165, 1.54) is 10.9 Å². The van der Waals surface area contributed by atoms with Crippen LogP contribution < -0.4 is 5.32 Å². The van der Waals surface area contributed by atoms with Crippen molar-refractivity contribution in [3.63, 3.8) is 0 Å².